The highest BCUT2D eigenvalue weighted by Gasteiger charge is 2.08. The van der Waals surface area contributed by atoms with E-state index >= 15 is 0 Å². The Morgan fingerprint density at radius 3 is 2.57 bits per heavy atom. The zero-order chi connectivity index (χ0) is 15.1. The van der Waals surface area contributed by atoms with Crippen LogP contribution in [-0.4, -0.2) is 17.7 Å². The monoisotopic (exact) mass is 348 g/mol. The molecule has 0 saturated heterocycles. The molecule has 108 valence electrons. The van der Waals surface area contributed by atoms with Gasteiger partial charge in [0, 0.05) is 5.33 Å². The van der Waals surface area contributed by atoms with E-state index in [0.717, 1.165) is 5.56 Å². The second kappa shape index (κ2) is 7.74. The highest BCUT2D eigenvalue weighted by Crippen LogP contribution is 2.19. The lowest BCUT2D eigenvalue weighted by Gasteiger charge is -2.07. The number of ether oxygens (including phenoxy) is 1. The normalized spacial score (nSPS) is 10.8. The number of carbonyl (C=O) groups is 1. The Balaban J connectivity index is 2.14. The molecule has 0 radical (unpaired) electrons. The molecule has 0 aliphatic carbocycles. The van der Waals surface area contributed by atoms with Gasteiger partial charge in [-0.15, -0.1) is 0 Å². The van der Waals surface area contributed by atoms with Gasteiger partial charge >= 0.3 is 0 Å². The van der Waals surface area contributed by atoms with Crippen molar-refractivity contribution in [3.8, 4) is 5.75 Å². The van der Waals surface area contributed by atoms with E-state index in [1.54, 1.807) is 36.4 Å². The van der Waals surface area contributed by atoms with E-state index in [1.165, 1.54) is 18.2 Å². The molecule has 0 bridgehead atoms. The number of alkyl halides is 1. The van der Waals surface area contributed by atoms with Crippen LogP contribution in [0.3, 0.4) is 0 Å². The fourth-order valence-corrected chi connectivity index (χ4v) is 1.94. The minimum absolute atomic E-state index is 0.149. The number of para-hydroxylation sites is 1. The highest BCUT2D eigenvalue weighted by molar-refractivity contribution is 9.09. The van der Waals surface area contributed by atoms with E-state index in [0.29, 0.717) is 23.2 Å². The number of hydrogen-bond donors (Lipinski definition) is 0. The molecule has 0 atom stereocenters. The summed E-state index contributed by atoms with van der Waals surface area (Å²) in [4.78, 5) is 12.2. The van der Waals surface area contributed by atoms with Crippen LogP contribution in [-0.2, 0) is 0 Å². The molecule has 0 spiro atoms. The van der Waals surface area contributed by atoms with Crippen LogP contribution in [0, 0.1) is 5.82 Å². The van der Waals surface area contributed by atoms with Gasteiger partial charge in [-0.3, -0.25) is 4.79 Å². The average molecular weight is 349 g/mol. The molecule has 0 unspecified atom stereocenters. The van der Waals surface area contributed by atoms with Gasteiger partial charge in [0.2, 0.25) is 0 Å². The summed E-state index contributed by atoms with van der Waals surface area (Å²) in [6.07, 6.45) is 3.12. The Morgan fingerprint density at radius 1 is 1.14 bits per heavy atom. The Hall–Kier alpha value is -1.94. The van der Waals surface area contributed by atoms with Crippen LogP contribution in [0.2, 0.25) is 0 Å². The molecule has 0 fully saturated rings. The van der Waals surface area contributed by atoms with Gasteiger partial charge in [0.05, 0.1) is 12.2 Å². The zero-order valence-corrected chi connectivity index (χ0v) is 12.8. The summed E-state index contributed by atoms with van der Waals surface area (Å²) >= 11 is 3.28. The van der Waals surface area contributed by atoms with Crippen LogP contribution >= 0.6 is 15.9 Å². The Bertz CT molecular complexity index is 635. The van der Waals surface area contributed by atoms with Gasteiger partial charge in [-0.05, 0) is 35.9 Å². The summed E-state index contributed by atoms with van der Waals surface area (Å²) in [5, 5.41) is 0.695. The first-order valence-corrected chi connectivity index (χ1v) is 7.58. The Labute approximate surface area is 131 Å². The van der Waals surface area contributed by atoms with Crippen LogP contribution in [0.15, 0.2) is 54.6 Å². The van der Waals surface area contributed by atoms with Crippen molar-refractivity contribution in [1.82, 2.24) is 0 Å². The second-order valence-corrected chi connectivity index (χ2v) is 5.08. The Kier molecular flexibility index (Phi) is 5.69. The minimum atomic E-state index is -0.299. The van der Waals surface area contributed by atoms with E-state index < -0.39 is 0 Å². The summed E-state index contributed by atoms with van der Waals surface area (Å²) in [7, 11) is 0. The van der Waals surface area contributed by atoms with Gasteiger partial charge in [0.25, 0.3) is 0 Å². The van der Waals surface area contributed by atoms with Gasteiger partial charge in [0.1, 0.15) is 11.6 Å². The summed E-state index contributed by atoms with van der Waals surface area (Å²) in [6, 6.07) is 13.1. The summed E-state index contributed by atoms with van der Waals surface area (Å²) in [5.74, 6) is 0.113. The third-order valence-electron chi connectivity index (χ3n) is 2.78. The fraction of sp³-hybridized carbons (Fsp3) is 0.118. The number of benzene rings is 2. The first-order valence-electron chi connectivity index (χ1n) is 6.46. The average Bonchev–Trinajstić information content (AvgIpc) is 2.52. The number of rotatable bonds is 6. The van der Waals surface area contributed by atoms with Crippen molar-refractivity contribution < 1.29 is 13.9 Å². The van der Waals surface area contributed by atoms with Gasteiger partial charge in [-0.25, -0.2) is 4.39 Å². The maximum Gasteiger partial charge on any atom is 0.189 e. The van der Waals surface area contributed by atoms with Gasteiger partial charge in [-0.1, -0.05) is 46.3 Å². The van der Waals surface area contributed by atoms with Crippen LogP contribution in [0.5, 0.6) is 5.75 Å². The number of carbonyl (C=O) groups excluding carboxylic acids is 1. The van der Waals surface area contributed by atoms with E-state index in [-0.39, 0.29) is 11.6 Å². The van der Waals surface area contributed by atoms with Gasteiger partial charge in [-0.2, -0.15) is 0 Å². The van der Waals surface area contributed by atoms with Gasteiger partial charge < -0.3 is 4.74 Å². The zero-order valence-electron chi connectivity index (χ0n) is 11.3. The number of hydrogen-bond acceptors (Lipinski definition) is 2. The second-order valence-electron chi connectivity index (χ2n) is 4.28. The van der Waals surface area contributed by atoms with Crippen LogP contribution in [0.4, 0.5) is 4.39 Å². The molecule has 0 N–H and O–H groups in total. The molecule has 0 aliphatic heterocycles. The largest absolute Gasteiger partial charge is 0.492 e. The van der Waals surface area contributed by atoms with Crippen molar-refractivity contribution in [3.63, 3.8) is 0 Å². The first-order chi connectivity index (χ1) is 10.2. The number of allylic oxidation sites excluding steroid dienone is 1. The molecule has 0 aliphatic rings. The molecular formula is C17H14BrFO2. The van der Waals surface area contributed by atoms with Crippen molar-refractivity contribution in [2.75, 3.05) is 11.9 Å². The summed E-state index contributed by atoms with van der Waals surface area (Å²) in [5.41, 5.74) is 1.28. The molecule has 2 aromatic rings. The predicted octanol–water partition coefficient (Wildman–Crippen LogP) is 4.50. The molecule has 2 aromatic carbocycles. The molecular weight excluding hydrogens is 335 g/mol. The molecule has 2 rings (SSSR count). The van der Waals surface area contributed by atoms with Gasteiger partial charge in [0.15, 0.2) is 5.78 Å². The van der Waals surface area contributed by atoms with Crippen LogP contribution in [0.1, 0.15) is 15.9 Å². The molecule has 0 heterocycles. The third-order valence-corrected chi connectivity index (χ3v) is 3.11. The predicted molar refractivity (Wildman–Crippen MR) is 85.5 cm³/mol. The minimum Gasteiger partial charge on any atom is -0.492 e. The smallest absolute Gasteiger partial charge is 0.189 e. The van der Waals surface area contributed by atoms with Crippen LogP contribution < -0.4 is 4.74 Å². The lowest BCUT2D eigenvalue weighted by Crippen LogP contribution is -2.03. The standard InChI is InChI=1S/C17H14BrFO2/c18-11-12-21-17-4-2-1-3-15(17)16(20)10-7-13-5-8-14(19)9-6-13/h1-10H,11-12H2. The van der Waals surface area contributed by atoms with Crippen molar-refractivity contribution in [2.24, 2.45) is 0 Å². The van der Waals surface area contributed by atoms with E-state index in [1.807, 2.05) is 6.07 Å². The van der Waals surface area contributed by atoms with Crippen LogP contribution in [0.25, 0.3) is 6.08 Å². The fourth-order valence-electron chi connectivity index (χ4n) is 1.78. The van der Waals surface area contributed by atoms with E-state index in [2.05, 4.69) is 15.9 Å². The van der Waals surface area contributed by atoms with Crippen molar-refractivity contribution in [2.45, 2.75) is 0 Å². The first kappa shape index (κ1) is 15.4. The number of halogens is 2. The lowest BCUT2D eigenvalue weighted by molar-refractivity contribution is 0.104. The Morgan fingerprint density at radius 2 is 1.86 bits per heavy atom. The van der Waals surface area contributed by atoms with Crippen molar-refractivity contribution >= 4 is 27.8 Å². The highest BCUT2D eigenvalue weighted by atomic mass is 79.9. The van der Waals surface area contributed by atoms with Crippen molar-refractivity contribution in [1.29, 1.82) is 0 Å². The van der Waals surface area contributed by atoms with Crippen molar-refractivity contribution in [3.05, 3.63) is 71.6 Å². The molecule has 0 saturated carbocycles. The number of ketones is 1. The molecule has 0 aromatic heterocycles. The SMILES string of the molecule is O=C(C=Cc1ccc(F)cc1)c1ccccc1OCCBr. The third kappa shape index (κ3) is 4.53. The summed E-state index contributed by atoms with van der Waals surface area (Å²) in [6.45, 7) is 0.492. The maximum atomic E-state index is 12.8. The van der Waals surface area contributed by atoms with E-state index in [9.17, 15) is 9.18 Å². The molecule has 2 nitrogen and oxygen atoms in total. The molecule has 4 heteroatoms. The van der Waals surface area contributed by atoms with E-state index in [4.69, 9.17) is 4.74 Å². The summed E-state index contributed by atoms with van der Waals surface area (Å²) < 4.78 is 18.3. The lowest BCUT2D eigenvalue weighted by atomic mass is 10.1. The maximum absolute atomic E-state index is 12.8. The quantitative estimate of drug-likeness (QED) is 0.436. The molecule has 21 heavy (non-hydrogen) atoms. The molecule has 0 amide bonds. The topological polar surface area (TPSA) is 26.3 Å².